The Labute approximate surface area is 193 Å². The average Bonchev–Trinajstić information content (AvgIpc) is 3.33. The summed E-state index contributed by atoms with van der Waals surface area (Å²) in [5.74, 6) is 3.27. The van der Waals surface area contributed by atoms with E-state index in [2.05, 4.69) is 16.1 Å². The Hall–Kier alpha value is -2.87. The van der Waals surface area contributed by atoms with Gasteiger partial charge in [0.1, 0.15) is 5.69 Å². The lowest BCUT2D eigenvalue weighted by Crippen LogP contribution is -2.19. The molecule has 0 saturated carbocycles. The molecule has 0 amide bonds. The molecule has 0 radical (unpaired) electrons. The fourth-order valence-electron chi connectivity index (χ4n) is 3.93. The third-order valence-corrected chi connectivity index (χ3v) is 6.20. The summed E-state index contributed by atoms with van der Waals surface area (Å²) < 4.78 is 42.7. The van der Waals surface area contributed by atoms with Gasteiger partial charge in [-0.1, -0.05) is 6.07 Å². The molecular formula is C23H28N4O5S. The van der Waals surface area contributed by atoms with Gasteiger partial charge < -0.3 is 9.47 Å². The van der Waals surface area contributed by atoms with Crippen LogP contribution in [0.4, 0.5) is 0 Å². The summed E-state index contributed by atoms with van der Waals surface area (Å²) in [5, 5.41) is 9.86. The zero-order valence-corrected chi connectivity index (χ0v) is 19.8. The van der Waals surface area contributed by atoms with Crippen LogP contribution in [-0.4, -0.2) is 53.6 Å². The Morgan fingerprint density at radius 3 is 2.88 bits per heavy atom. The van der Waals surface area contributed by atoms with E-state index in [1.807, 2.05) is 29.8 Å². The van der Waals surface area contributed by atoms with Gasteiger partial charge in [-0.3, -0.25) is 4.18 Å². The number of ether oxygens (including phenoxy) is 2. The fraction of sp³-hybridized carbons (Fsp3) is 0.478. The summed E-state index contributed by atoms with van der Waals surface area (Å²) in [5.41, 5.74) is 3.20. The Morgan fingerprint density at radius 1 is 1.36 bits per heavy atom. The van der Waals surface area contributed by atoms with Crippen molar-refractivity contribution in [3.05, 3.63) is 30.1 Å². The standard InChI is InChI=1S/C23H28N4O5S/c1-5-20-18-14-17(9-10-21(18)27(25-20)22-8-6-7-12-30-22)19-15-24-26(3)23(19)32-16(2)11-13-31-33(4,28)29/h1,9-10,14-16,22H,6-8,11-13H2,2-4H3/t16-,22?/m0/s1. The summed E-state index contributed by atoms with van der Waals surface area (Å²) in [4.78, 5) is 0. The van der Waals surface area contributed by atoms with Crippen LogP contribution >= 0.6 is 0 Å². The Morgan fingerprint density at radius 2 is 2.18 bits per heavy atom. The minimum absolute atomic E-state index is 0.0487. The maximum Gasteiger partial charge on any atom is 0.264 e. The topological polar surface area (TPSA) is 97.5 Å². The van der Waals surface area contributed by atoms with Crippen LogP contribution in [0.25, 0.3) is 22.0 Å². The lowest BCUT2D eigenvalue weighted by molar-refractivity contribution is -0.0367. The summed E-state index contributed by atoms with van der Waals surface area (Å²) in [6, 6.07) is 5.99. The van der Waals surface area contributed by atoms with Crippen LogP contribution in [0.2, 0.25) is 0 Å². The predicted molar refractivity (Wildman–Crippen MR) is 124 cm³/mol. The van der Waals surface area contributed by atoms with Crippen LogP contribution in [0.3, 0.4) is 0 Å². The first kappa shape index (κ1) is 23.3. The molecule has 0 aliphatic carbocycles. The van der Waals surface area contributed by atoms with Gasteiger partial charge in [0.15, 0.2) is 6.23 Å². The van der Waals surface area contributed by atoms with Crippen molar-refractivity contribution < 1.29 is 22.1 Å². The van der Waals surface area contributed by atoms with Gasteiger partial charge in [0.05, 0.1) is 36.2 Å². The van der Waals surface area contributed by atoms with Gasteiger partial charge in [-0.25, -0.2) is 9.36 Å². The molecule has 33 heavy (non-hydrogen) atoms. The highest BCUT2D eigenvalue weighted by molar-refractivity contribution is 7.85. The minimum Gasteiger partial charge on any atom is -0.474 e. The highest BCUT2D eigenvalue weighted by Crippen LogP contribution is 2.35. The van der Waals surface area contributed by atoms with Crippen molar-refractivity contribution in [2.75, 3.05) is 19.5 Å². The van der Waals surface area contributed by atoms with E-state index in [1.54, 1.807) is 17.9 Å². The van der Waals surface area contributed by atoms with Crippen LogP contribution in [0, 0.1) is 12.3 Å². The first-order valence-electron chi connectivity index (χ1n) is 10.9. The molecule has 0 N–H and O–H groups in total. The molecule has 1 unspecified atom stereocenters. The van der Waals surface area contributed by atoms with Crippen molar-refractivity contribution in [3.8, 4) is 29.4 Å². The molecule has 3 heterocycles. The van der Waals surface area contributed by atoms with Crippen LogP contribution in [0.15, 0.2) is 24.4 Å². The van der Waals surface area contributed by atoms with Crippen LogP contribution in [0.1, 0.15) is 44.5 Å². The second-order valence-electron chi connectivity index (χ2n) is 8.22. The predicted octanol–water partition coefficient (Wildman–Crippen LogP) is 3.25. The van der Waals surface area contributed by atoms with Crippen molar-refractivity contribution in [1.82, 2.24) is 19.6 Å². The summed E-state index contributed by atoms with van der Waals surface area (Å²) in [7, 11) is -1.69. The second kappa shape index (κ2) is 9.55. The summed E-state index contributed by atoms with van der Waals surface area (Å²) in [6.07, 6.45) is 11.6. The molecule has 176 valence electrons. The fourth-order valence-corrected chi connectivity index (χ4v) is 4.33. The van der Waals surface area contributed by atoms with Crippen molar-refractivity contribution >= 4 is 21.0 Å². The molecule has 1 aromatic carbocycles. The van der Waals surface area contributed by atoms with E-state index in [1.165, 1.54) is 0 Å². The summed E-state index contributed by atoms with van der Waals surface area (Å²) in [6.45, 7) is 2.63. The molecule has 2 atom stereocenters. The van der Waals surface area contributed by atoms with Gasteiger partial charge >= 0.3 is 0 Å². The SMILES string of the molecule is C#Cc1nn(C2CCCCO2)c2ccc(-c3cnn(C)c3O[C@@H](C)CCOS(C)(=O)=O)cc12. The molecule has 9 nitrogen and oxygen atoms in total. The van der Waals surface area contributed by atoms with Gasteiger partial charge in [-0.2, -0.15) is 18.6 Å². The Bertz CT molecular complexity index is 1280. The molecular weight excluding hydrogens is 444 g/mol. The van der Waals surface area contributed by atoms with Gasteiger partial charge in [0.25, 0.3) is 10.1 Å². The lowest BCUT2D eigenvalue weighted by atomic mass is 10.1. The summed E-state index contributed by atoms with van der Waals surface area (Å²) >= 11 is 0. The number of fused-ring (bicyclic) bond motifs is 1. The van der Waals surface area contributed by atoms with E-state index in [0.29, 0.717) is 18.0 Å². The van der Waals surface area contributed by atoms with E-state index < -0.39 is 10.1 Å². The van der Waals surface area contributed by atoms with E-state index in [0.717, 1.165) is 54.2 Å². The lowest BCUT2D eigenvalue weighted by Gasteiger charge is -2.23. The smallest absolute Gasteiger partial charge is 0.264 e. The van der Waals surface area contributed by atoms with Gasteiger partial charge in [0, 0.05) is 25.5 Å². The molecule has 2 aromatic heterocycles. The van der Waals surface area contributed by atoms with Crippen LogP contribution in [0.5, 0.6) is 5.88 Å². The zero-order valence-electron chi connectivity index (χ0n) is 19.0. The molecule has 0 spiro atoms. The quantitative estimate of drug-likeness (QED) is 0.367. The number of hydrogen-bond acceptors (Lipinski definition) is 7. The van der Waals surface area contributed by atoms with Gasteiger partial charge in [-0.15, -0.1) is 6.42 Å². The zero-order chi connectivity index (χ0) is 23.6. The molecule has 1 aliphatic rings. The first-order chi connectivity index (χ1) is 15.8. The average molecular weight is 473 g/mol. The number of aromatic nitrogens is 4. The number of aryl methyl sites for hydroxylation is 1. The molecule has 10 heteroatoms. The third kappa shape index (κ3) is 5.21. The number of hydrogen-bond donors (Lipinski definition) is 0. The monoisotopic (exact) mass is 472 g/mol. The number of nitrogens with zero attached hydrogens (tertiary/aromatic N) is 4. The largest absolute Gasteiger partial charge is 0.474 e. The van der Waals surface area contributed by atoms with Crippen LogP contribution in [-0.2, 0) is 26.1 Å². The van der Waals surface area contributed by atoms with Crippen molar-refractivity contribution in [1.29, 1.82) is 0 Å². The van der Waals surface area contributed by atoms with Crippen LogP contribution < -0.4 is 4.74 Å². The normalized spacial score (nSPS) is 17.7. The van der Waals surface area contributed by atoms with Crippen molar-refractivity contribution in [2.24, 2.45) is 7.05 Å². The minimum atomic E-state index is -3.48. The van der Waals surface area contributed by atoms with E-state index in [-0.39, 0.29) is 18.9 Å². The molecule has 1 fully saturated rings. The van der Waals surface area contributed by atoms with E-state index in [9.17, 15) is 8.42 Å². The van der Waals surface area contributed by atoms with Gasteiger partial charge in [0.2, 0.25) is 5.88 Å². The van der Waals surface area contributed by atoms with Crippen molar-refractivity contribution in [3.63, 3.8) is 0 Å². The highest BCUT2D eigenvalue weighted by Gasteiger charge is 2.22. The maximum absolute atomic E-state index is 11.2. The molecule has 4 rings (SSSR count). The second-order valence-corrected chi connectivity index (χ2v) is 9.86. The third-order valence-electron chi connectivity index (χ3n) is 5.60. The Kier molecular flexibility index (Phi) is 6.74. The van der Waals surface area contributed by atoms with Crippen molar-refractivity contribution in [2.45, 2.75) is 44.9 Å². The Balaban J connectivity index is 1.61. The number of benzene rings is 1. The number of rotatable bonds is 8. The number of terminal acetylenes is 1. The molecule has 1 aliphatic heterocycles. The molecule has 1 saturated heterocycles. The molecule has 0 bridgehead atoms. The maximum atomic E-state index is 11.2. The molecule has 3 aromatic rings. The van der Waals surface area contributed by atoms with E-state index in [4.69, 9.17) is 20.1 Å². The van der Waals surface area contributed by atoms with E-state index >= 15 is 0 Å². The first-order valence-corrected chi connectivity index (χ1v) is 12.7. The van der Waals surface area contributed by atoms with Gasteiger partial charge in [-0.05, 0) is 49.8 Å². The highest BCUT2D eigenvalue weighted by atomic mass is 32.2.